The average Bonchev–Trinajstić information content (AvgIpc) is 2.68. The van der Waals surface area contributed by atoms with Gasteiger partial charge in [-0.3, -0.25) is 4.79 Å². The smallest absolute Gasteiger partial charge is 0.223 e. The van der Waals surface area contributed by atoms with Crippen LogP contribution in [0.1, 0.15) is 23.1 Å². The lowest BCUT2D eigenvalue weighted by Gasteiger charge is -2.15. The fraction of sp³-hybridized carbons (Fsp3) is 0.381. The van der Waals surface area contributed by atoms with Crippen molar-refractivity contribution in [3.63, 3.8) is 0 Å². The fourth-order valence-corrected chi connectivity index (χ4v) is 2.63. The van der Waals surface area contributed by atoms with Gasteiger partial charge in [-0.2, -0.15) is 0 Å². The molecule has 0 spiro atoms. The SMILES string of the molecule is COc1cc(OC)c(OC)cc1CNC(=O)CCOc1cc(C)ccc1C. The Balaban J connectivity index is 1.90. The molecule has 0 saturated heterocycles. The van der Waals surface area contributed by atoms with Crippen LogP contribution < -0.4 is 24.3 Å². The average molecular weight is 373 g/mol. The van der Waals surface area contributed by atoms with Crippen LogP contribution >= 0.6 is 0 Å². The predicted molar refractivity (Wildman–Crippen MR) is 104 cm³/mol. The van der Waals surface area contributed by atoms with Crippen LogP contribution in [-0.4, -0.2) is 33.8 Å². The molecule has 2 aromatic rings. The van der Waals surface area contributed by atoms with E-state index in [2.05, 4.69) is 5.32 Å². The minimum Gasteiger partial charge on any atom is -0.496 e. The van der Waals surface area contributed by atoms with Crippen LogP contribution in [0.2, 0.25) is 0 Å². The number of hydrogen-bond donors (Lipinski definition) is 1. The van der Waals surface area contributed by atoms with E-state index in [1.54, 1.807) is 33.5 Å². The van der Waals surface area contributed by atoms with E-state index in [4.69, 9.17) is 18.9 Å². The van der Waals surface area contributed by atoms with Gasteiger partial charge in [0.1, 0.15) is 11.5 Å². The summed E-state index contributed by atoms with van der Waals surface area (Å²) >= 11 is 0. The molecule has 6 nitrogen and oxygen atoms in total. The molecule has 0 unspecified atom stereocenters. The molecule has 0 aliphatic carbocycles. The van der Waals surface area contributed by atoms with Crippen molar-refractivity contribution in [2.45, 2.75) is 26.8 Å². The summed E-state index contributed by atoms with van der Waals surface area (Å²) in [6.07, 6.45) is 0.267. The number of rotatable bonds is 9. The van der Waals surface area contributed by atoms with Gasteiger partial charge in [0.25, 0.3) is 0 Å². The van der Waals surface area contributed by atoms with E-state index < -0.39 is 0 Å². The molecule has 27 heavy (non-hydrogen) atoms. The van der Waals surface area contributed by atoms with E-state index in [0.717, 1.165) is 22.4 Å². The lowest BCUT2D eigenvalue weighted by atomic mass is 10.1. The number of hydrogen-bond acceptors (Lipinski definition) is 5. The molecule has 0 bridgehead atoms. The highest BCUT2D eigenvalue weighted by atomic mass is 16.5. The molecule has 6 heteroatoms. The molecular weight excluding hydrogens is 346 g/mol. The molecule has 2 aromatic carbocycles. The van der Waals surface area contributed by atoms with Crippen molar-refractivity contribution < 1.29 is 23.7 Å². The minimum absolute atomic E-state index is 0.0999. The first-order valence-corrected chi connectivity index (χ1v) is 8.74. The Kier molecular flexibility index (Phi) is 7.34. The maximum atomic E-state index is 12.1. The third kappa shape index (κ3) is 5.54. The minimum atomic E-state index is -0.0999. The maximum Gasteiger partial charge on any atom is 0.223 e. The van der Waals surface area contributed by atoms with Crippen LogP contribution in [-0.2, 0) is 11.3 Å². The largest absolute Gasteiger partial charge is 0.496 e. The second kappa shape index (κ2) is 9.71. The van der Waals surface area contributed by atoms with Gasteiger partial charge >= 0.3 is 0 Å². The Bertz CT molecular complexity index is 788. The predicted octanol–water partition coefficient (Wildman–Crippen LogP) is 3.41. The Morgan fingerprint density at radius 3 is 2.22 bits per heavy atom. The normalized spacial score (nSPS) is 10.3. The van der Waals surface area contributed by atoms with E-state index >= 15 is 0 Å². The molecule has 0 radical (unpaired) electrons. The van der Waals surface area contributed by atoms with Crippen molar-refractivity contribution in [2.24, 2.45) is 0 Å². The van der Waals surface area contributed by atoms with Gasteiger partial charge in [-0.1, -0.05) is 12.1 Å². The molecule has 146 valence electrons. The molecule has 1 N–H and O–H groups in total. The van der Waals surface area contributed by atoms with E-state index in [9.17, 15) is 4.79 Å². The third-order valence-corrected chi connectivity index (χ3v) is 4.19. The van der Waals surface area contributed by atoms with E-state index in [-0.39, 0.29) is 12.3 Å². The van der Waals surface area contributed by atoms with Gasteiger partial charge in [0, 0.05) is 18.2 Å². The van der Waals surface area contributed by atoms with Crippen molar-refractivity contribution in [1.29, 1.82) is 0 Å². The molecule has 0 aromatic heterocycles. The van der Waals surface area contributed by atoms with Gasteiger partial charge in [0.15, 0.2) is 11.5 Å². The van der Waals surface area contributed by atoms with Crippen LogP contribution in [0.5, 0.6) is 23.0 Å². The topological polar surface area (TPSA) is 66.0 Å². The lowest BCUT2D eigenvalue weighted by Crippen LogP contribution is -2.24. The second-order valence-corrected chi connectivity index (χ2v) is 6.16. The van der Waals surface area contributed by atoms with Gasteiger partial charge in [0.05, 0.1) is 34.4 Å². The number of benzene rings is 2. The van der Waals surface area contributed by atoms with E-state index in [0.29, 0.717) is 30.4 Å². The molecule has 0 aliphatic rings. The molecule has 1 amide bonds. The number of amides is 1. The Hall–Kier alpha value is -2.89. The molecule has 0 atom stereocenters. The summed E-state index contributed by atoms with van der Waals surface area (Å²) < 4.78 is 21.7. The van der Waals surface area contributed by atoms with E-state index in [1.807, 2.05) is 32.0 Å². The Morgan fingerprint density at radius 1 is 0.889 bits per heavy atom. The van der Waals surface area contributed by atoms with Crippen molar-refractivity contribution in [1.82, 2.24) is 5.32 Å². The number of ether oxygens (including phenoxy) is 4. The van der Waals surface area contributed by atoms with Crippen LogP contribution in [0, 0.1) is 13.8 Å². The number of carbonyl (C=O) groups is 1. The summed E-state index contributed by atoms with van der Waals surface area (Å²) in [6, 6.07) is 9.55. The molecule has 2 rings (SSSR count). The Labute approximate surface area is 160 Å². The Morgan fingerprint density at radius 2 is 1.56 bits per heavy atom. The first-order chi connectivity index (χ1) is 13.0. The summed E-state index contributed by atoms with van der Waals surface area (Å²) in [4.78, 5) is 12.1. The molecule has 0 heterocycles. The fourth-order valence-electron chi connectivity index (χ4n) is 2.63. The first kappa shape index (κ1) is 20.4. The molecule has 0 aliphatic heterocycles. The molecule has 0 saturated carbocycles. The highest BCUT2D eigenvalue weighted by Crippen LogP contribution is 2.34. The van der Waals surface area contributed by atoms with Gasteiger partial charge in [0.2, 0.25) is 5.91 Å². The summed E-state index contributed by atoms with van der Waals surface area (Å²) in [5.74, 6) is 2.49. The van der Waals surface area contributed by atoms with Gasteiger partial charge in [-0.25, -0.2) is 0 Å². The highest BCUT2D eigenvalue weighted by molar-refractivity contribution is 5.76. The van der Waals surface area contributed by atoms with Gasteiger partial charge in [-0.05, 0) is 37.1 Å². The number of aryl methyl sites for hydroxylation is 2. The van der Waals surface area contributed by atoms with Crippen molar-refractivity contribution in [3.8, 4) is 23.0 Å². The van der Waals surface area contributed by atoms with Crippen LogP contribution in [0.25, 0.3) is 0 Å². The zero-order chi connectivity index (χ0) is 19.8. The summed E-state index contributed by atoms with van der Waals surface area (Å²) in [6.45, 7) is 4.64. The van der Waals surface area contributed by atoms with Crippen LogP contribution in [0.3, 0.4) is 0 Å². The maximum absolute atomic E-state index is 12.1. The van der Waals surface area contributed by atoms with Crippen molar-refractivity contribution >= 4 is 5.91 Å². The first-order valence-electron chi connectivity index (χ1n) is 8.74. The number of nitrogens with one attached hydrogen (secondary N) is 1. The monoisotopic (exact) mass is 373 g/mol. The van der Waals surface area contributed by atoms with Gasteiger partial charge in [-0.15, -0.1) is 0 Å². The highest BCUT2D eigenvalue weighted by Gasteiger charge is 2.13. The van der Waals surface area contributed by atoms with Crippen molar-refractivity contribution in [2.75, 3.05) is 27.9 Å². The molecular formula is C21H27NO5. The van der Waals surface area contributed by atoms with Crippen LogP contribution in [0.4, 0.5) is 0 Å². The third-order valence-electron chi connectivity index (χ3n) is 4.19. The van der Waals surface area contributed by atoms with E-state index in [1.165, 1.54) is 0 Å². The zero-order valence-electron chi connectivity index (χ0n) is 16.5. The second-order valence-electron chi connectivity index (χ2n) is 6.16. The quantitative estimate of drug-likeness (QED) is 0.730. The zero-order valence-corrected chi connectivity index (χ0v) is 16.5. The summed E-state index contributed by atoms with van der Waals surface area (Å²) in [5.41, 5.74) is 2.98. The number of carbonyl (C=O) groups excluding carboxylic acids is 1. The van der Waals surface area contributed by atoms with Gasteiger partial charge < -0.3 is 24.3 Å². The summed E-state index contributed by atoms with van der Waals surface area (Å²) in [7, 11) is 4.70. The lowest BCUT2D eigenvalue weighted by molar-refractivity contribution is -0.121. The molecule has 0 fully saturated rings. The standard InChI is InChI=1S/C21H27NO5/c1-14-6-7-15(2)17(10-14)27-9-8-21(23)22-13-16-11-19(25-4)20(26-5)12-18(16)24-3/h6-7,10-12H,8-9,13H2,1-5H3,(H,22,23). The van der Waals surface area contributed by atoms with Crippen LogP contribution in [0.15, 0.2) is 30.3 Å². The van der Waals surface area contributed by atoms with Crippen molar-refractivity contribution in [3.05, 3.63) is 47.0 Å². The summed E-state index contributed by atoms with van der Waals surface area (Å²) in [5, 5.41) is 2.88. The number of methoxy groups -OCH3 is 3.